The molecule has 3 heterocycles. The van der Waals surface area contributed by atoms with Crippen LogP contribution in [0.15, 0.2) is 36.5 Å². The summed E-state index contributed by atoms with van der Waals surface area (Å²) in [6, 6.07) is 8.41. The van der Waals surface area contributed by atoms with Crippen LogP contribution in [0.5, 0.6) is 0 Å². The predicted molar refractivity (Wildman–Crippen MR) is 108 cm³/mol. The summed E-state index contributed by atoms with van der Waals surface area (Å²) in [6.45, 7) is 4.76. The van der Waals surface area contributed by atoms with Crippen molar-refractivity contribution in [2.75, 3.05) is 25.5 Å². The maximum Gasteiger partial charge on any atom is 0.255 e. The number of amides is 2. The molecule has 1 fully saturated rings. The van der Waals surface area contributed by atoms with Gasteiger partial charge in [0.15, 0.2) is 0 Å². The highest BCUT2D eigenvalue weighted by Crippen LogP contribution is 2.38. The second-order valence-corrected chi connectivity index (χ2v) is 8.20. The Bertz CT molecular complexity index is 962. The van der Waals surface area contributed by atoms with Crippen LogP contribution in [0.3, 0.4) is 0 Å². The summed E-state index contributed by atoms with van der Waals surface area (Å²) in [5.74, 6) is 0.437. The zero-order valence-corrected chi connectivity index (χ0v) is 16.9. The van der Waals surface area contributed by atoms with Crippen molar-refractivity contribution in [3.63, 3.8) is 0 Å². The Morgan fingerprint density at radius 3 is 2.72 bits per heavy atom. The largest absolute Gasteiger partial charge is 0.360 e. The van der Waals surface area contributed by atoms with E-state index in [2.05, 4.69) is 10.3 Å². The summed E-state index contributed by atoms with van der Waals surface area (Å²) in [5, 5.41) is 3.41. The van der Waals surface area contributed by atoms with E-state index in [1.165, 1.54) is 12.1 Å². The van der Waals surface area contributed by atoms with Crippen LogP contribution in [-0.4, -0.2) is 52.8 Å². The van der Waals surface area contributed by atoms with Crippen molar-refractivity contribution in [1.82, 2.24) is 14.8 Å². The molecule has 2 aliphatic heterocycles. The van der Waals surface area contributed by atoms with Crippen LogP contribution in [0.1, 0.15) is 41.8 Å². The second-order valence-electron chi connectivity index (χ2n) is 8.20. The molecule has 0 bridgehead atoms. The standard InChI is InChI=1S/C22H25FN4O2/c1-14(28)26(3)19-8-9-27(13-19)21(29)16-10-15-11-22(2,25-20(15)24-12-16)17-4-6-18(23)7-5-17/h4-7,10,12,19H,8-9,11,13H2,1-3H3,(H,24,25)/t19-,22?/m0/s1. The van der Waals surface area contributed by atoms with E-state index in [-0.39, 0.29) is 23.7 Å². The molecule has 29 heavy (non-hydrogen) atoms. The van der Waals surface area contributed by atoms with Gasteiger partial charge >= 0.3 is 0 Å². The molecule has 1 aromatic carbocycles. The molecule has 0 saturated carbocycles. The Labute approximate surface area is 169 Å². The summed E-state index contributed by atoms with van der Waals surface area (Å²) in [6.07, 6.45) is 3.05. The lowest BCUT2D eigenvalue weighted by Gasteiger charge is -2.25. The van der Waals surface area contributed by atoms with E-state index in [0.717, 1.165) is 23.4 Å². The number of fused-ring (bicyclic) bond motifs is 1. The lowest BCUT2D eigenvalue weighted by atomic mass is 9.89. The smallest absolute Gasteiger partial charge is 0.255 e. The van der Waals surface area contributed by atoms with Crippen molar-refractivity contribution < 1.29 is 14.0 Å². The Morgan fingerprint density at radius 2 is 2.03 bits per heavy atom. The highest BCUT2D eigenvalue weighted by atomic mass is 19.1. The first kappa shape index (κ1) is 19.4. The number of halogens is 1. The van der Waals surface area contributed by atoms with Crippen LogP contribution in [0.4, 0.5) is 10.2 Å². The van der Waals surface area contributed by atoms with Gasteiger partial charge in [-0.15, -0.1) is 0 Å². The molecule has 1 aromatic heterocycles. The number of carbonyl (C=O) groups excluding carboxylic acids is 2. The topological polar surface area (TPSA) is 65.5 Å². The van der Waals surface area contributed by atoms with Gasteiger partial charge in [0.1, 0.15) is 11.6 Å². The maximum atomic E-state index is 13.3. The molecular weight excluding hydrogens is 371 g/mol. The number of hydrogen-bond donors (Lipinski definition) is 1. The van der Waals surface area contributed by atoms with Crippen LogP contribution >= 0.6 is 0 Å². The van der Waals surface area contributed by atoms with E-state index in [4.69, 9.17) is 0 Å². The number of nitrogens with one attached hydrogen (secondary N) is 1. The van der Waals surface area contributed by atoms with Gasteiger partial charge in [0.2, 0.25) is 5.91 Å². The average Bonchev–Trinajstić information content (AvgIpc) is 3.31. The van der Waals surface area contributed by atoms with Crippen molar-refractivity contribution in [3.05, 3.63) is 59.0 Å². The van der Waals surface area contributed by atoms with E-state index in [0.29, 0.717) is 25.1 Å². The van der Waals surface area contributed by atoms with E-state index < -0.39 is 5.54 Å². The van der Waals surface area contributed by atoms with Crippen molar-refractivity contribution in [3.8, 4) is 0 Å². The number of carbonyl (C=O) groups is 2. The molecule has 1 N–H and O–H groups in total. The first-order valence-electron chi connectivity index (χ1n) is 9.83. The minimum Gasteiger partial charge on any atom is -0.360 e. The molecule has 2 amide bonds. The quantitative estimate of drug-likeness (QED) is 0.867. The number of rotatable bonds is 3. The van der Waals surface area contributed by atoms with Gasteiger partial charge < -0.3 is 15.1 Å². The van der Waals surface area contributed by atoms with Crippen LogP contribution in [0.25, 0.3) is 0 Å². The molecule has 2 aliphatic rings. The summed E-state index contributed by atoms with van der Waals surface area (Å²) < 4.78 is 13.3. The lowest BCUT2D eigenvalue weighted by Crippen LogP contribution is -2.38. The zero-order valence-electron chi connectivity index (χ0n) is 16.9. The van der Waals surface area contributed by atoms with Crippen LogP contribution in [0, 0.1) is 5.82 Å². The van der Waals surface area contributed by atoms with Crippen LogP contribution in [0.2, 0.25) is 0 Å². The van der Waals surface area contributed by atoms with Crippen LogP contribution < -0.4 is 5.32 Å². The summed E-state index contributed by atoms with van der Waals surface area (Å²) in [4.78, 5) is 32.5. The molecule has 4 rings (SSSR count). The fraction of sp³-hybridized carbons (Fsp3) is 0.409. The second kappa shape index (κ2) is 7.13. The maximum absolute atomic E-state index is 13.3. The third kappa shape index (κ3) is 3.57. The Kier molecular flexibility index (Phi) is 4.76. The van der Waals surface area contributed by atoms with Crippen molar-refractivity contribution in [2.45, 2.75) is 38.3 Å². The highest BCUT2D eigenvalue weighted by Gasteiger charge is 2.36. The third-order valence-corrected chi connectivity index (χ3v) is 6.13. The Morgan fingerprint density at radius 1 is 1.31 bits per heavy atom. The average molecular weight is 396 g/mol. The normalized spacial score (nSPS) is 22.9. The predicted octanol–water partition coefficient (Wildman–Crippen LogP) is 2.80. The number of aromatic nitrogens is 1. The monoisotopic (exact) mass is 396 g/mol. The molecule has 2 aromatic rings. The number of likely N-dealkylation sites (tertiary alicyclic amines) is 1. The van der Waals surface area contributed by atoms with Gasteiger partial charge in [0.25, 0.3) is 5.91 Å². The molecule has 152 valence electrons. The van der Waals surface area contributed by atoms with Gasteiger partial charge in [-0.05, 0) is 42.7 Å². The van der Waals surface area contributed by atoms with Gasteiger partial charge in [-0.3, -0.25) is 9.59 Å². The summed E-state index contributed by atoms with van der Waals surface area (Å²) in [5.41, 5.74) is 2.10. The Balaban J connectivity index is 1.50. The van der Waals surface area contributed by atoms with Gasteiger partial charge in [0, 0.05) is 39.7 Å². The first-order valence-corrected chi connectivity index (χ1v) is 9.83. The van der Waals surface area contributed by atoms with Crippen molar-refractivity contribution in [1.29, 1.82) is 0 Å². The molecule has 0 spiro atoms. The molecule has 1 unspecified atom stereocenters. The van der Waals surface area contributed by atoms with E-state index >= 15 is 0 Å². The van der Waals surface area contributed by atoms with Crippen molar-refractivity contribution in [2.24, 2.45) is 0 Å². The number of nitrogens with zero attached hydrogens (tertiary/aromatic N) is 3. The number of hydrogen-bond acceptors (Lipinski definition) is 4. The minimum absolute atomic E-state index is 0.00893. The fourth-order valence-corrected chi connectivity index (χ4v) is 4.24. The molecule has 0 aliphatic carbocycles. The first-order chi connectivity index (χ1) is 13.8. The molecule has 1 saturated heterocycles. The Hall–Kier alpha value is -2.96. The van der Waals surface area contributed by atoms with E-state index in [1.54, 1.807) is 42.1 Å². The SMILES string of the molecule is CC(=O)N(C)[C@H]1CCN(C(=O)c2cnc3c(c2)CC(C)(c2ccc(F)cc2)N3)C1. The fourth-order valence-electron chi connectivity index (χ4n) is 4.24. The molecule has 7 heteroatoms. The van der Waals surface area contributed by atoms with Crippen LogP contribution in [-0.2, 0) is 16.8 Å². The number of likely N-dealkylation sites (N-methyl/N-ethyl adjacent to an activating group) is 1. The molecule has 6 nitrogen and oxygen atoms in total. The number of anilines is 1. The zero-order chi connectivity index (χ0) is 20.8. The minimum atomic E-state index is -0.395. The van der Waals surface area contributed by atoms with E-state index in [1.807, 2.05) is 13.0 Å². The number of benzene rings is 1. The van der Waals surface area contributed by atoms with Gasteiger partial charge in [-0.25, -0.2) is 9.37 Å². The lowest BCUT2D eigenvalue weighted by molar-refractivity contribution is -0.129. The van der Waals surface area contributed by atoms with Gasteiger partial charge in [-0.1, -0.05) is 12.1 Å². The van der Waals surface area contributed by atoms with Gasteiger partial charge in [0.05, 0.1) is 17.1 Å². The number of pyridine rings is 1. The molecule has 0 radical (unpaired) electrons. The van der Waals surface area contributed by atoms with Crippen molar-refractivity contribution >= 4 is 17.6 Å². The summed E-state index contributed by atoms with van der Waals surface area (Å²) in [7, 11) is 1.78. The summed E-state index contributed by atoms with van der Waals surface area (Å²) >= 11 is 0. The highest BCUT2D eigenvalue weighted by molar-refractivity contribution is 5.95. The molecular formula is C22H25FN4O2. The third-order valence-electron chi connectivity index (χ3n) is 6.13. The van der Waals surface area contributed by atoms with E-state index in [9.17, 15) is 14.0 Å². The molecule has 2 atom stereocenters. The van der Waals surface area contributed by atoms with Gasteiger partial charge in [-0.2, -0.15) is 0 Å².